The summed E-state index contributed by atoms with van der Waals surface area (Å²) in [5.74, 6) is -3.39. The molecule has 0 bridgehead atoms. The fraction of sp³-hybridized carbons (Fsp3) is 0.452. The molecule has 1 aromatic rings. The first-order valence-electron chi connectivity index (χ1n) is 12.7. The SMILES string of the molecule is C=[13C]=[13C]=[13C]=[13C]=[13C]=[13CH2].CC(C)C(=O)O[C@H]1[C@H](C)OC(=O)[C@@H](NC(=O)OC(C)(C)C)COC(=O)[C@@H]1Cc1ccccc1. The zero-order valence-corrected chi connectivity index (χ0v) is 23.9. The second-order valence-electron chi connectivity index (χ2n) is 10.1. The monoisotopic (exact) mass is 557 g/mol. The molecule has 1 aromatic carbocycles. The summed E-state index contributed by atoms with van der Waals surface area (Å²) in [5, 5.41) is 2.38. The van der Waals surface area contributed by atoms with Gasteiger partial charge in [0.25, 0.3) is 0 Å². The van der Waals surface area contributed by atoms with Crippen LogP contribution < -0.4 is 5.32 Å². The molecule has 0 saturated carbocycles. The first-order chi connectivity index (χ1) is 18.8. The predicted octanol–water partition coefficient (Wildman–Crippen LogP) is 4.37. The van der Waals surface area contributed by atoms with Gasteiger partial charge in [-0.2, -0.15) is 0 Å². The summed E-state index contributed by atoms with van der Waals surface area (Å²) in [4.78, 5) is 50.4. The highest BCUT2D eigenvalue weighted by Gasteiger charge is 2.42. The average molecular weight is 558 g/mol. The molecule has 0 aromatic heterocycles. The van der Waals surface area contributed by atoms with E-state index in [1.54, 1.807) is 34.6 Å². The summed E-state index contributed by atoms with van der Waals surface area (Å²) in [6, 6.07) is 7.90. The van der Waals surface area contributed by atoms with Gasteiger partial charge in [-0.3, -0.25) is 9.59 Å². The molecule has 0 aliphatic carbocycles. The molecule has 1 N–H and O–H groups in total. The summed E-state index contributed by atoms with van der Waals surface area (Å²) >= 11 is 0. The number of rotatable bonds is 5. The molecule has 1 aliphatic rings. The van der Waals surface area contributed by atoms with Gasteiger partial charge in [0, 0.05) is 0 Å². The van der Waals surface area contributed by atoms with Crippen LogP contribution in [-0.4, -0.2) is 54.5 Å². The van der Waals surface area contributed by atoms with Gasteiger partial charge < -0.3 is 24.3 Å². The number of carbonyl (C=O) groups excluding carboxylic acids is 4. The average Bonchev–Trinajstić information content (AvgIpc) is 2.91. The van der Waals surface area contributed by atoms with Crippen LogP contribution in [0, 0.1) is 11.8 Å². The van der Waals surface area contributed by atoms with Crippen molar-refractivity contribution in [3.8, 4) is 0 Å². The Bertz CT molecular complexity index is 1190. The van der Waals surface area contributed by atoms with Crippen LogP contribution in [0.4, 0.5) is 4.79 Å². The molecule has 1 fully saturated rings. The molecule has 214 valence electrons. The zero-order valence-electron chi connectivity index (χ0n) is 23.9. The van der Waals surface area contributed by atoms with E-state index in [2.05, 4.69) is 47.1 Å². The fourth-order valence-electron chi connectivity index (χ4n) is 3.32. The molecular formula is C31H37NO8. The maximum Gasteiger partial charge on any atom is 0.408 e. The molecule has 2 rings (SSSR count). The quantitative estimate of drug-likeness (QED) is 0.246. The van der Waals surface area contributed by atoms with Gasteiger partial charge in [-0.05, 0) is 70.0 Å². The summed E-state index contributed by atoms with van der Waals surface area (Å²) in [6.07, 6.45) is -2.68. The first-order valence-corrected chi connectivity index (χ1v) is 12.7. The molecule has 1 aliphatic heterocycles. The van der Waals surface area contributed by atoms with Crippen molar-refractivity contribution in [3.63, 3.8) is 0 Å². The minimum absolute atomic E-state index is 0.210. The predicted molar refractivity (Wildman–Crippen MR) is 147 cm³/mol. The van der Waals surface area contributed by atoms with Crippen molar-refractivity contribution in [3.05, 3.63) is 77.7 Å². The van der Waals surface area contributed by atoms with Crippen molar-refractivity contribution in [1.82, 2.24) is 5.32 Å². The summed E-state index contributed by atoms with van der Waals surface area (Å²) < 4.78 is 21.7. The summed E-state index contributed by atoms with van der Waals surface area (Å²) in [6.45, 7) is 16.0. The summed E-state index contributed by atoms with van der Waals surface area (Å²) in [5.41, 5.74) is 12.0. The van der Waals surface area contributed by atoms with Gasteiger partial charge in [-0.15, -0.1) is 0 Å². The summed E-state index contributed by atoms with van der Waals surface area (Å²) in [7, 11) is 0. The Kier molecular flexibility index (Phi) is 13.8. The third-order valence-corrected chi connectivity index (χ3v) is 5.16. The number of esters is 3. The molecule has 9 heteroatoms. The minimum Gasteiger partial charge on any atom is -0.463 e. The Morgan fingerprint density at radius 1 is 1.05 bits per heavy atom. The smallest absolute Gasteiger partial charge is 0.408 e. The number of cyclic esters (lactones) is 2. The third kappa shape index (κ3) is 12.4. The molecule has 0 unspecified atom stereocenters. The first kappa shape index (κ1) is 33.6. The van der Waals surface area contributed by atoms with Crippen LogP contribution in [0.2, 0.25) is 0 Å². The van der Waals surface area contributed by atoms with Crippen LogP contribution in [0.3, 0.4) is 0 Å². The lowest BCUT2D eigenvalue weighted by molar-refractivity contribution is -0.176. The van der Waals surface area contributed by atoms with Crippen molar-refractivity contribution >= 4 is 24.0 Å². The number of amides is 1. The molecule has 0 spiro atoms. The fourth-order valence-corrected chi connectivity index (χ4v) is 3.32. The van der Waals surface area contributed by atoms with E-state index >= 15 is 0 Å². The molecule has 1 saturated heterocycles. The minimum atomic E-state index is -1.27. The Balaban J connectivity index is 0.00000101. The second kappa shape index (κ2) is 16.5. The van der Waals surface area contributed by atoms with Crippen molar-refractivity contribution in [2.75, 3.05) is 6.61 Å². The molecule has 0 radical (unpaired) electrons. The number of nitrogens with one attached hydrogen (secondary N) is 1. The van der Waals surface area contributed by atoms with Crippen LogP contribution in [0.25, 0.3) is 0 Å². The van der Waals surface area contributed by atoms with E-state index in [9.17, 15) is 19.2 Å². The van der Waals surface area contributed by atoms with Crippen molar-refractivity contribution in [1.29, 1.82) is 0 Å². The lowest BCUT2D eigenvalue weighted by atomic mass is 9.91. The van der Waals surface area contributed by atoms with Gasteiger partial charge >= 0.3 is 24.0 Å². The topological polar surface area (TPSA) is 117 Å². The highest BCUT2D eigenvalue weighted by Crippen LogP contribution is 2.24. The largest absolute Gasteiger partial charge is 0.463 e. The standard InChI is InChI=1S/C24H33NO8.C7H4/c1-14(2)20(26)32-19-15(3)31-22(28)18(25-23(29)33-24(4,5)6)13-30-21(27)17(19)12-16-10-8-7-9-11-16;1-3-5-7-6-4-2/h7-11,14-15,17-19H,12-13H2,1-6H3,(H,25,29);1-2H2/t15-,17+,18-,19-;/m0./s1/i;1+1,3+1,4+1,5+1,6+1,7+1. The second-order valence-corrected chi connectivity index (χ2v) is 10.1. The van der Waals surface area contributed by atoms with E-state index in [1.165, 1.54) is 6.92 Å². The molecule has 1 amide bonds. The Hall–Kier alpha value is -4.46. The Labute approximate surface area is 235 Å². The lowest BCUT2D eigenvalue weighted by Crippen LogP contribution is -2.48. The molecule has 4 atom stereocenters. The van der Waals surface area contributed by atoms with Gasteiger partial charge in [0.15, 0.2) is 12.1 Å². The number of alkyl carbamates (subject to hydrolysis) is 1. The van der Waals surface area contributed by atoms with E-state index in [-0.39, 0.29) is 6.42 Å². The molecule has 1 heterocycles. The Morgan fingerprint density at radius 2 is 1.65 bits per heavy atom. The van der Waals surface area contributed by atoms with Gasteiger partial charge in [0.1, 0.15) is 24.2 Å². The van der Waals surface area contributed by atoms with E-state index in [0.29, 0.717) is 0 Å². The van der Waals surface area contributed by atoms with Crippen molar-refractivity contribution < 1.29 is 38.1 Å². The van der Waals surface area contributed by atoms with Gasteiger partial charge in [0.05, 0.1) is 5.92 Å². The highest BCUT2D eigenvalue weighted by atomic mass is 16.6. The van der Waals surface area contributed by atoms with Crippen LogP contribution in [-0.2, 0) is 39.8 Å². The van der Waals surface area contributed by atoms with Crippen molar-refractivity contribution in [2.24, 2.45) is 11.8 Å². The third-order valence-electron chi connectivity index (χ3n) is 5.16. The molecule has 9 nitrogen and oxygen atoms in total. The number of ether oxygens (including phenoxy) is 4. The van der Waals surface area contributed by atoms with Crippen molar-refractivity contribution in [2.45, 2.75) is 71.8 Å². The maximum atomic E-state index is 13.1. The van der Waals surface area contributed by atoms with Gasteiger partial charge in [0.2, 0.25) is 0 Å². The number of hydrogen-bond acceptors (Lipinski definition) is 8. The highest BCUT2D eigenvalue weighted by molar-refractivity contribution is 5.83. The zero-order chi connectivity index (χ0) is 30.3. The lowest BCUT2D eigenvalue weighted by Gasteiger charge is -2.29. The molecule has 40 heavy (non-hydrogen) atoms. The van der Waals surface area contributed by atoms with Crippen LogP contribution >= 0.6 is 0 Å². The van der Waals surface area contributed by atoms with E-state index in [0.717, 1.165) is 5.56 Å². The number of benzene rings is 1. The number of carbonyl (C=O) groups is 4. The maximum absolute atomic E-state index is 13.1. The van der Waals surface area contributed by atoms with Crippen LogP contribution in [0.5, 0.6) is 0 Å². The van der Waals surface area contributed by atoms with E-state index < -0.39 is 66.3 Å². The van der Waals surface area contributed by atoms with Gasteiger partial charge in [-0.1, -0.05) is 55.6 Å². The number of hydrogen-bond donors (Lipinski definition) is 1. The van der Waals surface area contributed by atoms with Crippen LogP contribution in [0.1, 0.15) is 47.1 Å². The Morgan fingerprint density at radius 3 is 2.17 bits per heavy atom. The van der Waals surface area contributed by atoms with E-state index in [4.69, 9.17) is 18.9 Å². The van der Waals surface area contributed by atoms with E-state index in [1.807, 2.05) is 30.3 Å². The molecular weight excluding hydrogens is 520 g/mol. The normalized spacial score (nSPS) is 20.4. The van der Waals surface area contributed by atoms with Crippen LogP contribution in [0.15, 0.2) is 72.1 Å². The van der Waals surface area contributed by atoms with Gasteiger partial charge in [-0.25, -0.2) is 9.59 Å².